The minimum Gasteiger partial charge on any atom is -0.310 e. The largest absolute Gasteiger partial charge is 0.310 e. The Labute approximate surface area is 228 Å². The molecule has 5 aromatic carbocycles. The van der Waals surface area contributed by atoms with Crippen LogP contribution in [0.4, 0.5) is 17.1 Å². The summed E-state index contributed by atoms with van der Waals surface area (Å²) in [7, 11) is 0. The Morgan fingerprint density at radius 3 is 1.26 bits per heavy atom. The Morgan fingerprint density at radius 1 is 0.421 bits per heavy atom. The fraction of sp³-hybridized carbons (Fsp3) is 0.189. The summed E-state index contributed by atoms with van der Waals surface area (Å²) in [5, 5.41) is 0. The maximum atomic E-state index is 2.37. The number of aryl methyl sites for hydroxylation is 4. The van der Waals surface area contributed by atoms with Gasteiger partial charge in [-0.15, -0.1) is 0 Å². The van der Waals surface area contributed by atoms with Crippen LogP contribution in [0.3, 0.4) is 0 Å². The Kier molecular flexibility index (Phi) is 7.47. The van der Waals surface area contributed by atoms with E-state index in [9.17, 15) is 0 Å². The smallest absolute Gasteiger partial charge is 0.0464 e. The molecule has 0 saturated heterocycles. The second-order valence-corrected chi connectivity index (χ2v) is 10.6. The third-order valence-electron chi connectivity index (χ3n) is 7.99. The zero-order chi connectivity index (χ0) is 26.6. The molecule has 0 aliphatic carbocycles. The number of anilines is 3. The van der Waals surface area contributed by atoms with Crippen molar-refractivity contribution in [1.29, 1.82) is 0 Å². The molecule has 0 spiro atoms. The number of hydrogen-bond acceptors (Lipinski definition) is 1. The van der Waals surface area contributed by atoms with Crippen molar-refractivity contribution in [1.82, 2.24) is 0 Å². The molecule has 0 radical (unpaired) electrons. The molecule has 1 nitrogen and oxygen atoms in total. The average Bonchev–Trinajstić information content (AvgIpc) is 2.94. The van der Waals surface area contributed by atoms with E-state index in [2.05, 4.69) is 161 Å². The van der Waals surface area contributed by atoms with E-state index in [0.29, 0.717) is 11.8 Å². The standard InChI is InChI=1S/C37H37N/c1-26-16-20-35(24-28(26)3)38(36-21-17-27(2)29(4)25-36)34-22-18-31(19-23-34)30(5)37(32-12-8-6-9-13-32)33-14-10-7-11-15-33/h6-25,30,37H,1-5H3. The highest BCUT2D eigenvalue weighted by atomic mass is 15.1. The Balaban J connectivity index is 1.55. The van der Waals surface area contributed by atoms with Crippen molar-refractivity contribution in [3.05, 3.63) is 160 Å². The summed E-state index contributed by atoms with van der Waals surface area (Å²) in [5.41, 5.74) is 12.8. The molecule has 5 rings (SSSR count). The lowest BCUT2D eigenvalue weighted by molar-refractivity contribution is 0.657. The number of rotatable bonds is 7. The molecular weight excluding hydrogens is 458 g/mol. The SMILES string of the molecule is Cc1ccc(N(c2ccc(C(C)C(c3ccccc3)c3ccccc3)cc2)c2ccc(C)c(C)c2)cc1C. The number of benzene rings is 5. The Hall–Kier alpha value is -4.10. The van der Waals surface area contributed by atoms with Gasteiger partial charge in [-0.05, 0) is 109 Å². The van der Waals surface area contributed by atoms with Crippen molar-refractivity contribution in [2.45, 2.75) is 46.5 Å². The molecule has 0 bridgehead atoms. The van der Waals surface area contributed by atoms with Gasteiger partial charge >= 0.3 is 0 Å². The minimum absolute atomic E-state index is 0.291. The molecule has 0 fully saturated rings. The lowest BCUT2D eigenvalue weighted by atomic mass is 9.78. The fourth-order valence-electron chi connectivity index (χ4n) is 5.39. The first-order valence-corrected chi connectivity index (χ1v) is 13.6. The molecule has 0 aliphatic heterocycles. The monoisotopic (exact) mass is 495 g/mol. The lowest BCUT2D eigenvalue weighted by Gasteiger charge is -2.28. The van der Waals surface area contributed by atoms with Gasteiger partial charge in [-0.1, -0.05) is 91.9 Å². The maximum absolute atomic E-state index is 2.37. The third-order valence-corrected chi connectivity index (χ3v) is 7.99. The van der Waals surface area contributed by atoms with E-state index < -0.39 is 0 Å². The Bertz CT molecular complexity index is 1410. The second kappa shape index (κ2) is 11.1. The second-order valence-electron chi connectivity index (χ2n) is 10.6. The van der Waals surface area contributed by atoms with Crippen LogP contribution in [0.1, 0.15) is 57.7 Å². The zero-order valence-electron chi connectivity index (χ0n) is 23.1. The molecule has 0 N–H and O–H groups in total. The predicted molar refractivity (Wildman–Crippen MR) is 163 cm³/mol. The van der Waals surface area contributed by atoms with Crippen molar-refractivity contribution < 1.29 is 0 Å². The molecule has 1 heteroatoms. The third kappa shape index (κ3) is 5.29. The average molecular weight is 496 g/mol. The highest BCUT2D eigenvalue weighted by Gasteiger charge is 2.23. The molecule has 1 unspecified atom stereocenters. The van der Waals surface area contributed by atoms with Gasteiger partial charge < -0.3 is 4.90 Å². The Morgan fingerprint density at radius 2 is 0.842 bits per heavy atom. The molecule has 0 heterocycles. The fourth-order valence-corrected chi connectivity index (χ4v) is 5.39. The summed E-state index contributed by atoms with van der Waals surface area (Å²) >= 11 is 0. The quantitative estimate of drug-likeness (QED) is 0.217. The van der Waals surface area contributed by atoms with Gasteiger partial charge in [0, 0.05) is 23.0 Å². The van der Waals surface area contributed by atoms with Gasteiger partial charge in [0.05, 0.1) is 0 Å². The summed E-state index contributed by atoms with van der Waals surface area (Å²) in [5.74, 6) is 0.615. The van der Waals surface area contributed by atoms with E-state index in [1.165, 1.54) is 56.0 Å². The van der Waals surface area contributed by atoms with Gasteiger partial charge in [0.15, 0.2) is 0 Å². The summed E-state index contributed by atoms with van der Waals surface area (Å²) < 4.78 is 0. The highest BCUT2D eigenvalue weighted by Crippen LogP contribution is 2.40. The van der Waals surface area contributed by atoms with E-state index in [1.807, 2.05) is 0 Å². The van der Waals surface area contributed by atoms with Gasteiger partial charge in [-0.3, -0.25) is 0 Å². The van der Waals surface area contributed by atoms with Crippen LogP contribution in [0, 0.1) is 27.7 Å². The first-order valence-electron chi connectivity index (χ1n) is 13.6. The minimum atomic E-state index is 0.291. The van der Waals surface area contributed by atoms with Gasteiger partial charge in [0.2, 0.25) is 0 Å². The summed E-state index contributed by atoms with van der Waals surface area (Å²) in [6.07, 6.45) is 0. The highest BCUT2D eigenvalue weighted by molar-refractivity contribution is 5.77. The molecule has 0 saturated carbocycles. The van der Waals surface area contributed by atoms with Crippen molar-refractivity contribution in [3.8, 4) is 0 Å². The first-order chi connectivity index (χ1) is 18.4. The van der Waals surface area contributed by atoms with Crippen molar-refractivity contribution in [3.63, 3.8) is 0 Å². The van der Waals surface area contributed by atoms with Crippen molar-refractivity contribution >= 4 is 17.1 Å². The lowest BCUT2D eigenvalue weighted by Crippen LogP contribution is -2.12. The molecule has 190 valence electrons. The predicted octanol–water partition coefficient (Wildman–Crippen LogP) is 10.3. The van der Waals surface area contributed by atoms with Crippen LogP contribution in [0.25, 0.3) is 0 Å². The van der Waals surface area contributed by atoms with E-state index >= 15 is 0 Å². The van der Waals surface area contributed by atoms with Crippen LogP contribution >= 0.6 is 0 Å². The molecule has 38 heavy (non-hydrogen) atoms. The summed E-state index contributed by atoms with van der Waals surface area (Å²) in [4.78, 5) is 2.37. The normalized spacial score (nSPS) is 11.9. The van der Waals surface area contributed by atoms with E-state index in [1.54, 1.807) is 0 Å². The van der Waals surface area contributed by atoms with Crippen LogP contribution < -0.4 is 4.90 Å². The zero-order valence-corrected chi connectivity index (χ0v) is 23.1. The first kappa shape index (κ1) is 25.5. The van der Waals surface area contributed by atoms with E-state index in [0.717, 1.165) is 0 Å². The van der Waals surface area contributed by atoms with Crippen LogP contribution in [0.15, 0.2) is 121 Å². The van der Waals surface area contributed by atoms with Crippen molar-refractivity contribution in [2.75, 3.05) is 4.90 Å². The topological polar surface area (TPSA) is 3.24 Å². The molecule has 0 amide bonds. The molecular formula is C37H37N. The van der Waals surface area contributed by atoms with Crippen LogP contribution in [-0.4, -0.2) is 0 Å². The molecule has 0 aromatic heterocycles. The van der Waals surface area contributed by atoms with Gasteiger partial charge in [-0.25, -0.2) is 0 Å². The molecule has 5 aromatic rings. The summed E-state index contributed by atoms with van der Waals surface area (Å²) in [6, 6.07) is 44.5. The van der Waals surface area contributed by atoms with E-state index in [4.69, 9.17) is 0 Å². The maximum Gasteiger partial charge on any atom is 0.0464 e. The summed E-state index contributed by atoms with van der Waals surface area (Å²) in [6.45, 7) is 11.1. The number of nitrogens with zero attached hydrogens (tertiary/aromatic N) is 1. The van der Waals surface area contributed by atoms with E-state index in [-0.39, 0.29) is 0 Å². The molecule has 1 atom stereocenters. The van der Waals surface area contributed by atoms with Crippen LogP contribution in [0.5, 0.6) is 0 Å². The van der Waals surface area contributed by atoms with Crippen molar-refractivity contribution in [2.24, 2.45) is 0 Å². The van der Waals surface area contributed by atoms with Gasteiger partial charge in [0.25, 0.3) is 0 Å². The number of hydrogen-bond donors (Lipinski definition) is 0. The van der Waals surface area contributed by atoms with Crippen LogP contribution in [-0.2, 0) is 0 Å². The van der Waals surface area contributed by atoms with Crippen LogP contribution in [0.2, 0.25) is 0 Å². The molecule has 0 aliphatic rings. The van der Waals surface area contributed by atoms with Gasteiger partial charge in [-0.2, -0.15) is 0 Å². The van der Waals surface area contributed by atoms with Gasteiger partial charge in [0.1, 0.15) is 0 Å².